The van der Waals surface area contributed by atoms with Crippen LogP contribution in [0.15, 0.2) is 18.3 Å². The molecule has 0 bridgehead atoms. The van der Waals surface area contributed by atoms with Gasteiger partial charge in [0.2, 0.25) is 0 Å². The summed E-state index contributed by atoms with van der Waals surface area (Å²) in [4.78, 5) is 0. The van der Waals surface area contributed by atoms with Crippen molar-refractivity contribution in [2.45, 2.75) is 26.5 Å². The summed E-state index contributed by atoms with van der Waals surface area (Å²) < 4.78 is 3.65. The topological polar surface area (TPSA) is 43.0 Å². The number of rotatable bonds is 3. The van der Waals surface area contributed by atoms with Gasteiger partial charge in [0, 0.05) is 24.5 Å². The minimum atomic E-state index is -0.485. The molecule has 92 valence electrons. The van der Waals surface area contributed by atoms with E-state index in [1.54, 1.807) is 11.6 Å². The molecule has 0 spiro atoms. The summed E-state index contributed by atoms with van der Waals surface area (Å²) in [6.07, 6.45) is 1.45. The fraction of sp³-hybridized carbons (Fsp3) is 0.417. The summed E-state index contributed by atoms with van der Waals surface area (Å²) in [6.45, 7) is 4.32. The number of aryl methyl sites for hydroxylation is 2. The fourth-order valence-electron chi connectivity index (χ4n) is 1.97. The molecule has 0 saturated carbocycles. The second kappa shape index (κ2) is 4.55. The Hall–Kier alpha value is -1.26. The minimum Gasteiger partial charge on any atom is -0.387 e. The van der Waals surface area contributed by atoms with E-state index in [1.807, 2.05) is 36.9 Å². The Bertz CT molecular complexity index is 528. The van der Waals surface area contributed by atoms with E-state index < -0.39 is 6.10 Å². The van der Waals surface area contributed by atoms with Crippen LogP contribution < -0.4 is 0 Å². The molecule has 0 aliphatic carbocycles. The van der Waals surface area contributed by atoms with Crippen molar-refractivity contribution in [1.82, 2.24) is 14.3 Å². The van der Waals surface area contributed by atoms with Crippen molar-refractivity contribution >= 4 is 11.6 Å². The van der Waals surface area contributed by atoms with Crippen LogP contribution in [0.4, 0.5) is 0 Å². The van der Waals surface area contributed by atoms with Gasteiger partial charge < -0.3 is 9.67 Å². The molecule has 2 aromatic heterocycles. The molecule has 2 heterocycles. The standard InChI is InChI=1S/C12H16ClN3O/c1-8-10(12(13)15(3)14-8)7-16-6-4-5-11(16)9(2)17/h4-6,9,17H,7H2,1-3H3. The fourth-order valence-corrected chi connectivity index (χ4v) is 2.21. The van der Waals surface area contributed by atoms with Gasteiger partial charge in [0.1, 0.15) is 5.15 Å². The molecule has 0 aliphatic rings. The maximum atomic E-state index is 9.64. The van der Waals surface area contributed by atoms with Crippen molar-refractivity contribution in [3.8, 4) is 0 Å². The van der Waals surface area contributed by atoms with Gasteiger partial charge in [-0.25, -0.2) is 0 Å². The molecule has 0 saturated heterocycles. The molecule has 0 fully saturated rings. The number of nitrogens with zero attached hydrogens (tertiary/aromatic N) is 3. The largest absolute Gasteiger partial charge is 0.387 e. The molecule has 1 atom stereocenters. The maximum absolute atomic E-state index is 9.64. The van der Waals surface area contributed by atoms with Crippen LogP contribution in [0, 0.1) is 6.92 Å². The summed E-state index contributed by atoms with van der Waals surface area (Å²) in [5.41, 5.74) is 2.79. The first-order valence-electron chi connectivity index (χ1n) is 5.51. The van der Waals surface area contributed by atoms with E-state index in [0.717, 1.165) is 17.0 Å². The van der Waals surface area contributed by atoms with Crippen LogP contribution in [0.2, 0.25) is 5.15 Å². The quantitative estimate of drug-likeness (QED) is 0.912. The zero-order chi connectivity index (χ0) is 12.6. The van der Waals surface area contributed by atoms with E-state index >= 15 is 0 Å². The normalized spacial score (nSPS) is 13.0. The maximum Gasteiger partial charge on any atom is 0.131 e. The van der Waals surface area contributed by atoms with E-state index in [9.17, 15) is 5.11 Å². The molecular formula is C12H16ClN3O. The van der Waals surface area contributed by atoms with Gasteiger partial charge >= 0.3 is 0 Å². The van der Waals surface area contributed by atoms with Crippen LogP contribution in [-0.4, -0.2) is 19.5 Å². The van der Waals surface area contributed by atoms with Crippen molar-refractivity contribution in [2.75, 3.05) is 0 Å². The van der Waals surface area contributed by atoms with Gasteiger partial charge in [-0.2, -0.15) is 5.10 Å². The summed E-state index contributed by atoms with van der Waals surface area (Å²) >= 11 is 6.19. The lowest BCUT2D eigenvalue weighted by Crippen LogP contribution is -2.06. The number of hydrogen-bond donors (Lipinski definition) is 1. The lowest BCUT2D eigenvalue weighted by atomic mass is 10.2. The Balaban J connectivity index is 2.35. The van der Waals surface area contributed by atoms with Crippen molar-refractivity contribution in [3.05, 3.63) is 40.4 Å². The molecule has 1 N–H and O–H groups in total. The number of halogens is 1. The van der Waals surface area contributed by atoms with E-state index in [1.165, 1.54) is 0 Å². The summed E-state index contributed by atoms with van der Waals surface area (Å²) in [5, 5.41) is 14.6. The Morgan fingerprint density at radius 1 is 1.53 bits per heavy atom. The molecule has 2 aromatic rings. The van der Waals surface area contributed by atoms with Crippen LogP contribution >= 0.6 is 11.6 Å². The molecule has 0 aromatic carbocycles. The van der Waals surface area contributed by atoms with Crippen LogP contribution in [0.1, 0.15) is 30.0 Å². The third-order valence-electron chi connectivity index (χ3n) is 2.89. The summed E-state index contributed by atoms with van der Waals surface area (Å²) in [6, 6.07) is 3.83. The Morgan fingerprint density at radius 2 is 2.24 bits per heavy atom. The molecule has 0 amide bonds. The molecule has 17 heavy (non-hydrogen) atoms. The molecular weight excluding hydrogens is 238 g/mol. The summed E-state index contributed by atoms with van der Waals surface area (Å²) in [7, 11) is 1.82. The molecule has 0 radical (unpaired) electrons. The second-order valence-corrected chi connectivity index (χ2v) is 4.57. The van der Waals surface area contributed by atoms with E-state index in [4.69, 9.17) is 11.6 Å². The lowest BCUT2D eigenvalue weighted by molar-refractivity contribution is 0.190. The molecule has 4 nitrogen and oxygen atoms in total. The Morgan fingerprint density at radius 3 is 2.76 bits per heavy atom. The smallest absolute Gasteiger partial charge is 0.131 e. The second-order valence-electron chi connectivity index (χ2n) is 4.22. The highest BCUT2D eigenvalue weighted by Gasteiger charge is 2.14. The van der Waals surface area contributed by atoms with Gasteiger partial charge in [-0.1, -0.05) is 11.6 Å². The van der Waals surface area contributed by atoms with Crippen LogP contribution in [0.5, 0.6) is 0 Å². The van der Waals surface area contributed by atoms with Gasteiger partial charge in [0.05, 0.1) is 18.3 Å². The van der Waals surface area contributed by atoms with Crippen LogP contribution in [-0.2, 0) is 13.6 Å². The highest BCUT2D eigenvalue weighted by atomic mass is 35.5. The third-order valence-corrected chi connectivity index (χ3v) is 3.36. The SMILES string of the molecule is Cc1nn(C)c(Cl)c1Cn1cccc1C(C)O. The number of aromatic nitrogens is 3. The van der Waals surface area contributed by atoms with Crippen molar-refractivity contribution < 1.29 is 5.11 Å². The lowest BCUT2D eigenvalue weighted by Gasteiger charge is -2.11. The van der Waals surface area contributed by atoms with Crippen molar-refractivity contribution in [3.63, 3.8) is 0 Å². The predicted octanol–water partition coefficient (Wildman–Crippen LogP) is 2.29. The first-order chi connectivity index (χ1) is 8.00. The average molecular weight is 254 g/mol. The zero-order valence-electron chi connectivity index (χ0n) is 10.2. The van der Waals surface area contributed by atoms with E-state index in [2.05, 4.69) is 5.10 Å². The van der Waals surface area contributed by atoms with Gasteiger partial charge in [0.15, 0.2) is 0 Å². The predicted molar refractivity (Wildman–Crippen MR) is 67.1 cm³/mol. The van der Waals surface area contributed by atoms with Gasteiger partial charge in [-0.15, -0.1) is 0 Å². The molecule has 2 rings (SSSR count). The number of aliphatic hydroxyl groups excluding tert-OH is 1. The van der Waals surface area contributed by atoms with Gasteiger partial charge in [-0.3, -0.25) is 4.68 Å². The molecule has 5 heteroatoms. The van der Waals surface area contributed by atoms with Crippen LogP contribution in [0.25, 0.3) is 0 Å². The highest BCUT2D eigenvalue weighted by molar-refractivity contribution is 6.30. The first-order valence-corrected chi connectivity index (χ1v) is 5.89. The number of hydrogen-bond acceptors (Lipinski definition) is 2. The average Bonchev–Trinajstić information content (AvgIpc) is 2.80. The van der Waals surface area contributed by atoms with Gasteiger partial charge in [-0.05, 0) is 26.0 Å². The zero-order valence-corrected chi connectivity index (χ0v) is 10.9. The monoisotopic (exact) mass is 253 g/mol. The van der Waals surface area contributed by atoms with Crippen LogP contribution in [0.3, 0.4) is 0 Å². The van der Waals surface area contributed by atoms with E-state index in [0.29, 0.717) is 11.7 Å². The minimum absolute atomic E-state index is 0.485. The summed E-state index contributed by atoms with van der Waals surface area (Å²) in [5.74, 6) is 0. The van der Waals surface area contributed by atoms with Crippen molar-refractivity contribution in [1.29, 1.82) is 0 Å². The number of aliphatic hydroxyl groups is 1. The Kier molecular flexibility index (Phi) is 3.26. The third kappa shape index (κ3) is 2.23. The van der Waals surface area contributed by atoms with Crippen molar-refractivity contribution in [2.24, 2.45) is 7.05 Å². The first kappa shape index (κ1) is 12.2. The van der Waals surface area contributed by atoms with E-state index in [-0.39, 0.29) is 0 Å². The Labute approximate surface area is 105 Å². The highest BCUT2D eigenvalue weighted by Crippen LogP contribution is 2.22. The molecule has 0 aliphatic heterocycles. The van der Waals surface area contributed by atoms with Gasteiger partial charge in [0.25, 0.3) is 0 Å². The molecule has 1 unspecified atom stereocenters.